The van der Waals surface area contributed by atoms with E-state index in [9.17, 15) is 0 Å². The highest BCUT2D eigenvalue weighted by Crippen LogP contribution is 2.21. The number of benzene rings is 1. The smallest absolute Gasteiger partial charge is 0.0979 e. The molecule has 0 spiro atoms. The molecule has 0 fully saturated rings. The predicted octanol–water partition coefficient (Wildman–Crippen LogP) is 2.97. The molecule has 2 aromatic rings. The Balaban J connectivity index is 2.48. The second-order valence-corrected chi connectivity index (χ2v) is 3.92. The summed E-state index contributed by atoms with van der Waals surface area (Å²) in [7, 11) is 0. The summed E-state index contributed by atoms with van der Waals surface area (Å²) < 4.78 is 1.63. The molecule has 1 heterocycles. The zero-order valence-electron chi connectivity index (χ0n) is 8.11. The van der Waals surface area contributed by atoms with Gasteiger partial charge in [0, 0.05) is 0 Å². The molecular weight excluding hydrogens is 233 g/mol. The third-order valence-corrected chi connectivity index (χ3v) is 2.62. The Kier molecular flexibility index (Phi) is 2.93. The Morgan fingerprint density at radius 2 is 2.20 bits per heavy atom. The number of aryl methyl sites for hydroxylation is 1. The van der Waals surface area contributed by atoms with Crippen molar-refractivity contribution < 1.29 is 0 Å². The molecular formula is C10H9Cl2N3. The van der Waals surface area contributed by atoms with Crippen LogP contribution in [0, 0.1) is 6.92 Å². The first-order valence-corrected chi connectivity index (χ1v) is 5.35. The fraction of sp³-hybridized carbons (Fsp3) is 0.200. The summed E-state index contributed by atoms with van der Waals surface area (Å²) in [5, 5.41) is 8.51. The first-order valence-electron chi connectivity index (χ1n) is 4.44. The summed E-state index contributed by atoms with van der Waals surface area (Å²) in [5.74, 6) is 0.351. The fourth-order valence-electron chi connectivity index (χ4n) is 1.28. The van der Waals surface area contributed by atoms with E-state index in [1.165, 1.54) is 0 Å². The van der Waals surface area contributed by atoms with E-state index in [1.54, 1.807) is 10.9 Å². The first kappa shape index (κ1) is 10.5. The minimum absolute atomic E-state index is 0.351. The molecule has 2 rings (SSSR count). The Morgan fingerprint density at radius 1 is 1.40 bits per heavy atom. The second kappa shape index (κ2) is 4.21. The van der Waals surface area contributed by atoms with Crippen molar-refractivity contribution in [1.82, 2.24) is 15.0 Å². The number of hydrogen-bond acceptors (Lipinski definition) is 2. The van der Waals surface area contributed by atoms with E-state index in [0.717, 1.165) is 16.9 Å². The summed E-state index contributed by atoms with van der Waals surface area (Å²) in [5.41, 5.74) is 2.67. The molecule has 0 atom stereocenters. The quantitative estimate of drug-likeness (QED) is 0.758. The highest BCUT2D eigenvalue weighted by molar-refractivity contribution is 6.32. The van der Waals surface area contributed by atoms with Crippen molar-refractivity contribution in [3.63, 3.8) is 0 Å². The van der Waals surface area contributed by atoms with Crippen LogP contribution in [0.3, 0.4) is 0 Å². The number of hydrogen-bond donors (Lipinski definition) is 0. The summed E-state index contributed by atoms with van der Waals surface area (Å²) >= 11 is 11.7. The van der Waals surface area contributed by atoms with Gasteiger partial charge in [-0.1, -0.05) is 22.9 Å². The van der Waals surface area contributed by atoms with Crippen molar-refractivity contribution in [2.45, 2.75) is 12.8 Å². The van der Waals surface area contributed by atoms with Gasteiger partial charge in [0.2, 0.25) is 0 Å². The first-order chi connectivity index (χ1) is 7.20. The lowest BCUT2D eigenvalue weighted by atomic mass is 10.2. The second-order valence-electron chi connectivity index (χ2n) is 3.24. The van der Waals surface area contributed by atoms with Crippen LogP contribution in [0.1, 0.15) is 11.3 Å². The monoisotopic (exact) mass is 241 g/mol. The van der Waals surface area contributed by atoms with Gasteiger partial charge in [-0.2, -0.15) is 0 Å². The van der Waals surface area contributed by atoms with Crippen molar-refractivity contribution in [3.05, 3.63) is 40.7 Å². The predicted molar refractivity (Wildman–Crippen MR) is 60.7 cm³/mol. The molecule has 0 aliphatic rings. The fourth-order valence-corrected chi connectivity index (χ4v) is 1.60. The van der Waals surface area contributed by atoms with Crippen LogP contribution in [-0.4, -0.2) is 15.0 Å². The summed E-state index contributed by atoms with van der Waals surface area (Å²) in [6.45, 7) is 2.00. The van der Waals surface area contributed by atoms with Gasteiger partial charge in [0.05, 0.1) is 28.5 Å². The molecule has 0 saturated heterocycles. The maximum absolute atomic E-state index is 6.06. The SMILES string of the molecule is Cc1ccc(Cl)c(-n2cc(CCl)nn2)c1. The molecule has 78 valence electrons. The van der Waals surface area contributed by atoms with Gasteiger partial charge in [0.1, 0.15) is 0 Å². The molecule has 0 radical (unpaired) electrons. The van der Waals surface area contributed by atoms with Crippen LogP contribution in [0.25, 0.3) is 5.69 Å². The Morgan fingerprint density at radius 3 is 2.87 bits per heavy atom. The molecule has 1 aromatic carbocycles. The Labute approximate surface area is 97.6 Å². The van der Waals surface area contributed by atoms with E-state index < -0.39 is 0 Å². The van der Waals surface area contributed by atoms with Gasteiger partial charge in [0.15, 0.2) is 0 Å². The van der Waals surface area contributed by atoms with E-state index in [1.807, 2.05) is 25.1 Å². The minimum Gasteiger partial charge on any atom is -0.219 e. The van der Waals surface area contributed by atoms with Crippen LogP contribution < -0.4 is 0 Å². The number of aromatic nitrogens is 3. The molecule has 0 saturated carbocycles. The largest absolute Gasteiger partial charge is 0.219 e. The van der Waals surface area contributed by atoms with Gasteiger partial charge in [-0.15, -0.1) is 16.7 Å². The van der Waals surface area contributed by atoms with Crippen molar-refractivity contribution in [1.29, 1.82) is 0 Å². The van der Waals surface area contributed by atoms with Crippen LogP contribution in [-0.2, 0) is 5.88 Å². The zero-order valence-corrected chi connectivity index (χ0v) is 9.63. The molecule has 0 N–H and O–H groups in total. The zero-order chi connectivity index (χ0) is 10.8. The highest BCUT2D eigenvalue weighted by Gasteiger charge is 2.05. The van der Waals surface area contributed by atoms with Crippen LogP contribution in [0.4, 0.5) is 0 Å². The van der Waals surface area contributed by atoms with E-state index in [4.69, 9.17) is 23.2 Å². The number of rotatable bonds is 2. The molecule has 5 heteroatoms. The lowest BCUT2D eigenvalue weighted by Crippen LogP contribution is -1.96. The van der Waals surface area contributed by atoms with Crippen molar-refractivity contribution in [2.24, 2.45) is 0 Å². The van der Waals surface area contributed by atoms with Crippen LogP contribution >= 0.6 is 23.2 Å². The average Bonchev–Trinajstić information content (AvgIpc) is 2.70. The van der Waals surface area contributed by atoms with Crippen LogP contribution in [0.15, 0.2) is 24.4 Å². The van der Waals surface area contributed by atoms with Gasteiger partial charge in [-0.05, 0) is 24.6 Å². The normalized spacial score (nSPS) is 10.6. The van der Waals surface area contributed by atoms with E-state index in [2.05, 4.69) is 10.3 Å². The Bertz CT molecular complexity index is 479. The van der Waals surface area contributed by atoms with Gasteiger partial charge >= 0.3 is 0 Å². The molecule has 3 nitrogen and oxygen atoms in total. The van der Waals surface area contributed by atoms with Gasteiger partial charge in [0.25, 0.3) is 0 Å². The van der Waals surface area contributed by atoms with Gasteiger partial charge in [-0.25, -0.2) is 4.68 Å². The third-order valence-electron chi connectivity index (χ3n) is 2.03. The van der Waals surface area contributed by atoms with Crippen LogP contribution in [0.5, 0.6) is 0 Å². The third kappa shape index (κ3) is 2.13. The summed E-state index contributed by atoms with van der Waals surface area (Å²) in [6.07, 6.45) is 1.77. The number of nitrogens with zero attached hydrogens (tertiary/aromatic N) is 3. The topological polar surface area (TPSA) is 30.7 Å². The van der Waals surface area contributed by atoms with Crippen molar-refractivity contribution in [3.8, 4) is 5.69 Å². The lowest BCUT2D eigenvalue weighted by molar-refractivity contribution is 0.800. The average molecular weight is 242 g/mol. The van der Waals surface area contributed by atoms with Crippen LogP contribution in [0.2, 0.25) is 5.02 Å². The molecule has 15 heavy (non-hydrogen) atoms. The van der Waals surface area contributed by atoms with E-state index in [0.29, 0.717) is 10.9 Å². The van der Waals surface area contributed by atoms with Crippen molar-refractivity contribution in [2.75, 3.05) is 0 Å². The maximum Gasteiger partial charge on any atom is 0.0979 e. The standard InChI is InChI=1S/C10H9Cl2N3/c1-7-2-3-9(12)10(4-7)15-6-8(5-11)13-14-15/h2-4,6H,5H2,1H3. The van der Waals surface area contributed by atoms with Gasteiger partial charge < -0.3 is 0 Å². The highest BCUT2D eigenvalue weighted by atomic mass is 35.5. The maximum atomic E-state index is 6.06. The van der Waals surface area contributed by atoms with Crippen molar-refractivity contribution >= 4 is 23.2 Å². The minimum atomic E-state index is 0.351. The molecule has 0 amide bonds. The number of alkyl halides is 1. The molecule has 0 bridgehead atoms. The molecule has 0 aliphatic heterocycles. The van der Waals surface area contributed by atoms with Gasteiger partial charge in [-0.3, -0.25) is 0 Å². The Hall–Kier alpha value is -1.06. The molecule has 0 unspecified atom stereocenters. The van der Waals surface area contributed by atoms with E-state index >= 15 is 0 Å². The van der Waals surface area contributed by atoms with E-state index in [-0.39, 0.29) is 0 Å². The molecule has 1 aromatic heterocycles. The summed E-state index contributed by atoms with van der Waals surface area (Å²) in [6, 6.07) is 5.74. The summed E-state index contributed by atoms with van der Waals surface area (Å²) in [4.78, 5) is 0. The molecule has 0 aliphatic carbocycles. The number of halogens is 2. The lowest BCUT2D eigenvalue weighted by Gasteiger charge is -2.03.